The highest BCUT2D eigenvalue weighted by Crippen LogP contribution is 2.23. The van der Waals surface area contributed by atoms with Gasteiger partial charge in [0.1, 0.15) is 13.2 Å². The predicted octanol–water partition coefficient (Wildman–Crippen LogP) is 6.01. The first-order chi connectivity index (χ1) is 20.7. The maximum atomic E-state index is 9.02. The van der Waals surface area contributed by atoms with E-state index in [0.717, 1.165) is 41.3 Å². The van der Waals surface area contributed by atoms with E-state index in [0.29, 0.717) is 13.1 Å². The summed E-state index contributed by atoms with van der Waals surface area (Å²) >= 11 is 0. The quantitative estimate of drug-likeness (QED) is 0.0788. The number of aryl methyl sites for hydroxylation is 1. The summed E-state index contributed by atoms with van der Waals surface area (Å²) in [5, 5.41) is 21.6. The molecule has 0 aliphatic carbocycles. The van der Waals surface area contributed by atoms with E-state index in [2.05, 4.69) is 102 Å². The molecule has 0 atom stereocenters. The first-order valence-electron chi connectivity index (χ1n) is 14.5. The number of aliphatic hydroxyl groups is 2. The average molecular weight is 600 g/mol. The second-order valence-electron chi connectivity index (χ2n) is 9.89. The van der Waals surface area contributed by atoms with Crippen LogP contribution in [0.3, 0.4) is 0 Å². The van der Waals surface area contributed by atoms with Gasteiger partial charge in [-0.25, -0.2) is 9.13 Å². The van der Waals surface area contributed by atoms with Crippen molar-refractivity contribution in [3.8, 4) is 0 Å². The number of hydrogen-bond acceptors (Lipinski definition) is 5. The van der Waals surface area contributed by atoms with Gasteiger partial charge in [0.25, 0.3) is 0 Å². The summed E-state index contributed by atoms with van der Waals surface area (Å²) in [6, 6.07) is 25.6. The third kappa shape index (κ3) is 11.5. The smallest absolute Gasteiger partial charge is 0.171 e. The summed E-state index contributed by atoms with van der Waals surface area (Å²) in [6.07, 6.45) is 18.7. The standard InChI is InChI=1S/C35H40N3O2S2/c39-26-24-37-20-15-33(16-21-37)9-7-31-5-3-30(4-6-31)2-1-28-41-42-29-19-36-35-13-11-32(12-14-35)8-10-34-17-22-38(23-18-34)25-27-40/h3-18,20-23,39-40H,1-2,19,24-29H2/q+1/p+1/b9-7+. The Balaban J connectivity index is 1.05. The summed E-state index contributed by atoms with van der Waals surface area (Å²) in [5.41, 5.74) is 7.20. The van der Waals surface area contributed by atoms with Crippen LogP contribution in [0.15, 0.2) is 97.6 Å². The lowest BCUT2D eigenvalue weighted by atomic mass is 10.1. The van der Waals surface area contributed by atoms with Gasteiger partial charge in [0.05, 0.1) is 0 Å². The summed E-state index contributed by atoms with van der Waals surface area (Å²) in [6.45, 7) is 2.50. The van der Waals surface area contributed by atoms with Gasteiger partial charge in [0.2, 0.25) is 0 Å². The number of anilines is 1. The van der Waals surface area contributed by atoms with Crippen LogP contribution < -0.4 is 14.5 Å². The molecule has 0 aliphatic rings. The molecule has 0 spiro atoms. The van der Waals surface area contributed by atoms with Crippen molar-refractivity contribution >= 4 is 51.6 Å². The highest BCUT2D eigenvalue weighted by Gasteiger charge is 2.00. The molecule has 0 radical (unpaired) electrons. The summed E-state index contributed by atoms with van der Waals surface area (Å²) in [4.78, 5) is 0. The zero-order chi connectivity index (χ0) is 29.2. The largest absolute Gasteiger partial charge is 0.390 e. The van der Waals surface area contributed by atoms with Crippen LogP contribution in [0.5, 0.6) is 0 Å². The fraction of sp³-hybridized carbons (Fsp3) is 0.257. The van der Waals surface area contributed by atoms with Crippen LogP contribution in [0.25, 0.3) is 24.3 Å². The van der Waals surface area contributed by atoms with Crippen molar-refractivity contribution in [2.24, 2.45) is 0 Å². The van der Waals surface area contributed by atoms with Gasteiger partial charge in [-0.1, -0.05) is 82.3 Å². The maximum absolute atomic E-state index is 9.02. The van der Waals surface area contributed by atoms with E-state index in [9.17, 15) is 0 Å². The number of pyridine rings is 2. The Morgan fingerprint density at radius 2 is 1.02 bits per heavy atom. The lowest BCUT2D eigenvalue weighted by molar-refractivity contribution is -0.698. The van der Waals surface area contributed by atoms with Gasteiger partial charge < -0.3 is 15.5 Å². The fourth-order valence-electron chi connectivity index (χ4n) is 4.27. The van der Waals surface area contributed by atoms with Crippen LogP contribution in [-0.2, 0) is 19.5 Å². The molecule has 5 nitrogen and oxygen atoms in total. The lowest BCUT2D eigenvalue weighted by Gasteiger charge is -2.07. The summed E-state index contributed by atoms with van der Waals surface area (Å²) in [5.74, 6) is 2.22. The highest BCUT2D eigenvalue weighted by molar-refractivity contribution is 8.76. The molecule has 2 aromatic heterocycles. The Bertz CT molecular complexity index is 1260. The molecule has 0 bridgehead atoms. The molecule has 7 heteroatoms. The molecule has 3 N–H and O–H groups in total. The first kappa shape index (κ1) is 31.6. The topological polar surface area (TPSA) is 60.2 Å². The highest BCUT2D eigenvalue weighted by atomic mass is 33.1. The number of nitrogens with one attached hydrogen (secondary N) is 1. The number of benzene rings is 2. The molecule has 0 fully saturated rings. The lowest BCUT2D eigenvalue weighted by Crippen LogP contribution is -2.34. The second kappa shape index (κ2) is 18.2. The average Bonchev–Trinajstić information content (AvgIpc) is 3.03. The van der Waals surface area contributed by atoms with E-state index in [1.54, 1.807) is 0 Å². The SMILES string of the molecule is OCC[n+]1ccc(/C=C/c2ccc(CCCSSCCNc3ccc(/C=C/c4cc[n+](CCO)cc4)cc3)cc2)cc1. The fourth-order valence-corrected chi connectivity index (χ4v) is 6.27. The minimum absolute atomic E-state index is 0.151. The van der Waals surface area contributed by atoms with Crippen molar-refractivity contribution in [2.45, 2.75) is 25.9 Å². The van der Waals surface area contributed by atoms with Crippen LogP contribution in [0.2, 0.25) is 0 Å². The second-order valence-corrected chi connectivity index (χ2v) is 12.6. The van der Waals surface area contributed by atoms with Crippen LogP contribution in [0, 0.1) is 0 Å². The molecule has 0 unspecified atom stereocenters. The van der Waals surface area contributed by atoms with E-state index in [1.807, 2.05) is 55.5 Å². The van der Waals surface area contributed by atoms with Gasteiger partial charge in [0.15, 0.2) is 37.9 Å². The first-order valence-corrected chi connectivity index (χ1v) is 16.9. The Kier molecular flexibility index (Phi) is 13.7. The Morgan fingerprint density at radius 3 is 1.52 bits per heavy atom. The molecule has 0 saturated heterocycles. The number of hydrogen-bond donors (Lipinski definition) is 3. The van der Waals surface area contributed by atoms with Crippen LogP contribution in [0.4, 0.5) is 5.69 Å². The van der Waals surface area contributed by atoms with Crippen molar-refractivity contribution in [1.29, 1.82) is 0 Å². The van der Waals surface area contributed by atoms with Gasteiger partial charge in [0, 0.05) is 48.0 Å². The molecule has 4 aromatic rings. The number of nitrogens with zero attached hydrogens (tertiary/aromatic N) is 2. The molecule has 2 aromatic carbocycles. The normalized spacial score (nSPS) is 11.5. The van der Waals surface area contributed by atoms with Crippen LogP contribution in [0.1, 0.15) is 34.2 Å². The number of aromatic nitrogens is 2. The van der Waals surface area contributed by atoms with Crippen molar-refractivity contribution in [3.63, 3.8) is 0 Å². The molecule has 42 heavy (non-hydrogen) atoms. The number of rotatable bonds is 17. The third-order valence-corrected chi connectivity index (χ3v) is 9.16. The van der Waals surface area contributed by atoms with Gasteiger partial charge in [-0.15, -0.1) is 0 Å². The van der Waals surface area contributed by atoms with E-state index < -0.39 is 0 Å². The number of aliphatic hydroxyl groups excluding tert-OH is 2. The van der Waals surface area contributed by atoms with Crippen LogP contribution in [-0.4, -0.2) is 41.5 Å². The van der Waals surface area contributed by atoms with Crippen LogP contribution >= 0.6 is 21.6 Å². The van der Waals surface area contributed by atoms with Crippen molar-refractivity contribution in [2.75, 3.05) is 36.6 Å². The molecular weight excluding hydrogens is 559 g/mol. The van der Waals surface area contributed by atoms with Gasteiger partial charge in [-0.2, -0.15) is 0 Å². The molecular formula is C35H41N3O2S2+2. The summed E-state index contributed by atoms with van der Waals surface area (Å²) < 4.78 is 3.94. The monoisotopic (exact) mass is 599 g/mol. The summed E-state index contributed by atoms with van der Waals surface area (Å²) in [7, 11) is 3.89. The van der Waals surface area contributed by atoms with Gasteiger partial charge in [-0.3, -0.25) is 0 Å². The Morgan fingerprint density at radius 1 is 0.571 bits per heavy atom. The Hall–Kier alpha value is -3.36. The minimum atomic E-state index is 0.151. The molecule has 0 saturated carbocycles. The molecule has 218 valence electrons. The molecule has 0 amide bonds. The van der Waals surface area contributed by atoms with E-state index >= 15 is 0 Å². The van der Waals surface area contributed by atoms with Crippen molar-refractivity contribution in [1.82, 2.24) is 0 Å². The minimum Gasteiger partial charge on any atom is -0.390 e. The third-order valence-electron chi connectivity index (χ3n) is 6.67. The van der Waals surface area contributed by atoms with E-state index in [-0.39, 0.29) is 13.2 Å². The van der Waals surface area contributed by atoms with Gasteiger partial charge in [-0.05, 0) is 52.8 Å². The zero-order valence-corrected chi connectivity index (χ0v) is 25.6. The van der Waals surface area contributed by atoms with Crippen molar-refractivity contribution < 1.29 is 19.3 Å². The van der Waals surface area contributed by atoms with Crippen molar-refractivity contribution in [3.05, 3.63) is 125 Å². The maximum Gasteiger partial charge on any atom is 0.171 e. The molecule has 2 heterocycles. The molecule has 0 aliphatic heterocycles. The van der Waals surface area contributed by atoms with E-state index in [1.165, 1.54) is 23.1 Å². The zero-order valence-electron chi connectivity index (χ0n) is 24.0. The van der Waals surface area contributed by atoms with E-state index in [4.69, 9.17) is 10.2 Å². The molecule has 4 rings (SSSR count). The van der Waals surface area contributed by atoms with Gasteiger partial charge >= 0.3 is 0 Å². The Labute approximate surface area is 258 Å². The predicted molar refractivity (Wildman–Crippen MR) is 180 cm³/mol.